The van der Waals surface area contributed by atoms with Crippen LogP contribution in [0.4, 0.5) is 5.69 Å². The quantitative estimate of drug-likeness (QED) is 0.565. The van der Waals surface area contributed by atoms with Crippen molar-refractivity contribution < 1.29 is 13.2 Å². The summed E-state index contributed by atoms with van der Waals surface area (Å²) < 4.78 is 25.5. The first-order chi connectivity index (χ1) is 8.83. The molecule has 1 heterocycles. The third-order valence-electron chi connectivity index (χ3n) is 2.33. The SMILES string of the molecule is CCn1cc(N)c(C(=O)NCCCNS(C)(=O)=O)n1. The fourth-order valence-corrected chi connectivity index (χ4v) is 1.92. The van der Waals surface area contributed by atoms with E-state index in [2.05, 4.69) is 15.1 Å². The number of nitrogen functional groups attached to an aromatic ring is 1. The van der Waals surface area contributed by atoms with Crippen molar-refractivity contribution in [2.45, 2.75) is 19.9 Å². The molecular formula is C10H19N5O3S. The van der Waals surface area contributed by atoms with Gasteiger partial charge in [-0.3, -0.25) is 9.48 Å². The molecular weight excluding hydrogens is 270 g/mol. The Morgan fingerprint density at radius 1 is 1.47 bits per heavy atom. The fourth-order valence-electron chi connectivity index (χ4n) is 1.41. The number of rotatable bonds is 7. The topological polar surface area (TPSA) is 119 Å². The molecule has 1 rings (SSSR count). The van der Waals surface area contributed by atoms with Crippen LogP contribution in [0, 0.1) is 0 Å². The number of hydrogen-bond donors (Lipinski definition) is 3. The van der Waals surface area contributed by atoms with E-state index in [1.54, 1.807) is 10.9 Å². The highest BCUT2D eigenvalue weighted by Crippen LogP contribution is 2.08. The number of nitrogens with two attached hydrogens (primary N) is 1. The summed E-state index contributed by atoms with van der Waals surface area (Å²) >= 11 is 0. The highest BCUT2D eigenvalue weighted by atomic mass is 32.2. The monoisotopic (exact) mass is 289 g/mol. The van der Waals surface area contributed by atoms with Crippen LogP contribution in [-0.2, 0) is 16.6 Å². The molecule has 0 aliphatic carbocycles. The van der Waals surface area contributed by atoms with E-state index >= 15 is 0 Å². The summed E-state index contributed by atoms with van der Waals surface area (Å²) in [6, 6.07) is 0. The van der Waals surface area contributed by atoms with E-state index in [-0.39, 0.29) is 18.1 Å². The first-order valence-electron chi connectivity index (χ1n) is 5.89. The molecule has 0 radical (unpaired) electrons. The van der Waals surface area contributed by atoms with Crippen LogP contribution in [0.5, 0.6) is 0 Å². The van der Waals surface area contributed by atoms with Crippen molar-refractivity contribution in [3.05, 3.63) is 11.9 Å². The number of hydrogen-bond acceptors (Lipinski definition) is 5. The lowest BCUT2D eigenvalue weighted by Crippen LogP contribution is -2.30. The predicted octanol–water partition coefficient (Wildman–Crippen LogP) is -0.846. The summed E-state index contributed by atoms with van der Waals surface area (Å²) in [6.45, 7) is 3.15. The van der Waals surface area contributed by atoms with Crippen LogP contribution in [-0.4, -0.2) is 43.5 Å². The van der Waals surface area contributed by atoms with Crippen molar-refractivity contribution in [2.24, 2.45) is 0 Å². The number of carbonyl (C=O) groups is 1. The molecule has 0 saturated carbocycles. The second-order valence-corrected chi connectivity index (χ2v) is 5.90. The molecule has 1 aromatic heterocycles. The minimum absolute atomic E-state index is 0.193. The third kappa shape index (κ3) is 5.26. The molecule has 0 aliphatic heterocycles. The van der Waals surface area contributed by atoms with Gasteiger partial charge in [-0.15, -0.1) is 0 Å². The lowest BCUT2D eigenvalue weighted by atomic mass is 10.3. The molecule has 1 aromatic rings. The van der Waals surface area contributed by atoms with E-state index in [1.807, 2.05) is 6.92 Å². The highest BCUT2D eigenvalue weighted by Gasteiger charge is 2.13. The molecule has 9 heteroatoms. The molecule has 108 valence electrons. The van der Waals surface area contributed by atoms with Gasteiger partial charge in [0.05, 0.1) is 11.9 Å². The molecule has 0 unspecified atom stereocenters. The Morgan fingerprint density at radius 3 is 2.68 bits per heavy atom. The zero-order valence-corrected chi connectivity index (χ0v) is 11.8. The van der Waals surface area contributed by atoms with Crippen molar-refractivity contribution in [3.63, 3.8) is 0 Å². The maximum absolute atomic E-state index is 11.7. The van der Waals surface area contributed by atoms with Crippen LogP contribution in [0.3, 0.4) is 0 Å². The Hall–Kier alpha value is -1.61. The van der Waals surface area contributed by atoms with Crippen LogP contribution >= 0.6 is 0 Å². The number of anilines is 1. The first kappa shape index (κ1) is 15.4. The van der Waals surface area contributed by atoms with Gasteiger partial charge in [0.25, 0.3) is 5.91 Å². The van der Waals surface area contributed by atoms with Gasteiger partial charge in [-0.05, 0) is 13.3 Å². The lowest BCUT2D eigenvalue weighted by Gasteiger charge is -2.04. The average molecular weight is 289 g/mol. The van der Waals surface area contributed by atoms with Gasteiger partial charge >= 0.3 is 0 Å². The second-order valence-electron chi connectivity index (χ2n) is 4.06. The minimum atomic E-state index is -3.18. The van der Waals surface area contributed by atoms with Crippen LogP contribution in [0.1, 0.15) is 23.8 Å². The maximum atomic E-state index is 11.7. The average Bonchev–Trinajstić information content (AvgIpc) is 2.68. The third-order valence-corrected chi connectivity index (χ3v) is 3.06. The van der Waals surface area contributed by atoms with Gasteiger partial charge in [-0.1, -0.05) is 0 Å². The lowest BCUT2D eigenvalue weighted by molar-refractivity contribution is 0.0948. The summed E-state index contributed by atoms with van der Waals surface area (Å²) in [5, 5.41) is 6.67. The number of aromatic nitrogens is 2. The predicted molar refractivity (Wildman–Crippen MR) is 72.1 cm³/mol. The Morgan fingerprint density at radius 2 is 2.16 bits per heavy atom. The van der Waals surface area contributed by atoms with Gasteiger partial charge in [0.2, 0.25) is 10.0 Å². The number of nitrogens with one attached hydrogen (secondary N) is 2. The normalized spacial score (nSPS) is 11.5. The highest BCUT2D eigenvalue weighted by molar-refractivity contribution is 7.88. The van der Waals surface area contributed by atoms with Gasteiger partial charge in [-0.2, -0.15) is 5.10 Å². The molecule has 0 aromatic carbocycles. The second kappa shape index (κ2) is 6.53. The smallest absolute Gasteiger partial charge is 0.273 e. The molecule has 0 bridgehead atoms. The van der Waals surface area contributed by atoms with Gasteiger partial charge < -0.3 is 11.1 Å². The largest absolute Gasteiger partial charge is 0.396 e. The molecule has 0 aliphatic rings. The Kier molecular flexibility index (Phi) is 5.31. The number of nitrogens with zero attached hydrogens (tertiary/aromatic N) is 2. The summed E-state index contributed by atoms with van der Waals surface area (Å²) in [5.74, 6) is -0.357. The van der Waals surface area contributed by atoms with Gasteiger partial charge in [0, 0.05) is 25.8 Å². The Bertz CT molecular complexity index is 537. The van der Waals surface area contributed by atoms with Gasteiger partial charge in [0.1, 0.15) is 0 Å². The Labute approximate surface area is 112 Å². The van der Waals surface area contributed by atoms with E-state index in [0.717, 1.165) is 6.26 Å². The maximum Gasteiger partial charge on any atom is 0.273 e. The van der Waals surface area contributed by atoms with Crippen LogP contribution in [0.2, 0.25) is 0 Å². The molecule has 1 amide bonds. The molecule has 0 fully saturated rings. The molecule has 0 spiro atoms. The molecule has 0 atom stereocenters. The Balaban J connectivity index is 2.37. The number of sulfonamides is 1. The summed E-state index contributed by atoms with van der Waals surface area (Å²) in [7, 11) is -3.18. The summed E-state index contributed by atoms with van der Waals surface area (Å²) in [4.78, 5) is 11.7. The number of carbonyl (C=O) groups excluding carboxylic acids is 1. The zero-order chi connectivity index (χ0) is 14.5. The first-order valence-corrected chi connectivity index (χ1v) is 7.78. The summed E-state index contributed by atoms with van der Waals surface area (Å²) in [5.41, 5.74) is 6.19. The minimum Gasteiger partial charge on any atom is -0.396 e. The number of amides is 1. The molecule has 8 nitrogen and oxygen atoms in total. The van der Waals surface area contributed by atoms with E-state index in [4.69, 9.17) is 5.73 Å². The van der Waals surface area contributed by atoms with Crippen molar-refractivity contribution in [1.29, 1.82) is 0 Å². The zero-order valence-electron chi connectivity index (χ0n) is 11.0. The van der Waals surface area contributed by atoms with Crippen LogP contribution < -0.4 is 15.8 Å². The molecule has 0 saturated heterocycles. The van der Waals surface area contributed by atoms with Gasteiger partial charge in [0.15, 0.2) is 5.69 Å². The van der Waals surface area contributed by atoms with E-state index in [1.165, 1.54) is 0 Å². The van der Waals surface area contributed by atoms with E-state index in [9.17, 15) is 13.2 Å². The van der Waals surface area contributed by atoms with E-state index in [0.29, 0.717) is 25.2 Å². The van der Waals surface area contributed by atoms with E-state index < -0.39 is 10.0 Å². The van der Waals surface area contributed by atoms with Crippen molar-refractivity contribution in [1.82, 2.24) is 19.8 Å². The number of aryl methyl sites for hydroxylation is 1. The standard InChI is InChI=1S/C10H19N5O3S/c1-3-15-7-8(11)9(14-15)10(16)12-5-4-6-13-19(2,17)18/h7,13H,3-6,11H2,1-2H3,(H,12,16). The molecule has 4 N–H and O–H groups in total. The molecule has 19 heavy (non-hydrogen) atoms. The van der Waals surface area contributed by atoms with Gasteiger partial charge in [-0.25, -0.2) is 13.1 Å². The summed E-state index contributed by atoms with van der Waals surface area (Å²) in [6.07, 6.45) is 3.18. The van der Waals surface area contributed by atoms with Crippen molar-refractivity contribution >= 4 is 21.6 Å². The fraction of sp³-hybridized carbons (Fsp3) is 0.600. The van der Waals surface area contributed by atoms with Crippen molar-refractivity contribution in [2.75, 3.05) is 25.1 Å². The van der Waals surface area contributed by atoms with Crippen LogP contribution in [0.15, 0.2) is 6.20 Å². The van der Waals surface area contributed by atoms with Crippen molar-refractivity contribution in [3.8, 4) is 0 Å². The van der Waals surface area contributed by atoms with Crippen LogP contribution in [0.25, 0.3) is 0 Å².